The SMILES string of the molecule is COc1ccccc1Cn1cc(-c2ccc(OCc3ccccc3)cc2)c(-c2ccc(OCc3ccccc3)cc2)c1. The minimum atomic E-state index is 0.541. The van der Waals surface area contributed by atoms with Crippen LogP contribution in [0.25, 0.3) is 22.3 Å². The zero-order valence-electron chi connectivity index (χ0n) is 23.6. The van der Waals surface area contributed by atoms with Gasteiger partial charge in [0, 0.05) is 29.1 Å². The predicted octanol–water partition coefficient (Wildman–Crippen LogP) is 9.04. The van der Waals surface area contributed by atoms with E-state index < -0.39 is 0 Å². The summed E-state index contributed by atoms with van der Waals surface area (Å²) in [5.41, 5.74) is 7.97. The first kappa shape index (κ1) is 27.0. The maximum absolute atomic E-state index is 6.04. The van der Waals surface area contributed by atoms with Gasteiger partial charge in [0.2, 0.25) is 0 Å². The van der Waals surface area contributed by atoms with E-state index in [0.29, 0.717) is 19.8 Å². The quantitative estimate of drug-likeness (QED) is 0.161. The van der Waals surface area contributed by atoms with Crippen molar-refractivity contribution in [3.8, 4) is 39.5 Å². The summed E-state index contributed by atoms with van der Waals surface area (Å²) in [6, 6.07) is 45.3. The Bertz CT molecular complexity index is 1600. The van der Waals surface area contributed by atoms with Crippen LogP contribution in [-0.4, -0.2) is 11.7 Å². The number of rotatable bonds is 11. The summed E-state index contributed by atoms with van der Waals surface area (Å²) in [6.45, 7) is 1.78. The van der Waals surface area contributed by atoms with Gasteiger partial charge >= 0.3 is 0 Å². The largest absolute Gasteiger partial charge is 0.496 e. The van der Waals surface area contributed by atoms with Crippen LogP contribution in [0.5, 0.6) is 17.2 Å². The number of para-hydroxylation sites is 1. The molecule has 4 nitrogen and oxygen atoms in total. The minimum Gasteiger partial charge on any atom is -0.496 e. The Morgan fingerprint density at radius 3 is 1.43 bits per heavy atom. The molecular weight excluding hydrogens is 518 g/mol. The van der Waals surface area contributed by atoms with Crippen LogP contribution in [0.15, 0.2) is 146 Å². The third kappa shape index (κ3) is 6.56. The summed E-state index contributed by atoms with van der Waals surface area (Å²) >= 11 is 0. The van der Waals surface area contributed by atoms with Crippen molar-refractivity contribution in [1.82, 2.24) is 4.57 Å². The highest BCUT2D eigenvalue weighted by atomic mass is 16.5. The lowest BCUT2D eigenvalue weighted by Crippen LogP contribution is -1.99. The van der Waals surface area contributed by atoms with Gasteiger partial charge in [-0.3, -0.25) is 0 Å². The molecule has 0 N–H and O–H groups in total. The molecule has 0 unspecified atom stereocenters. The molecule has 0 spiro atoms. The second-order valence-corrected chi connectivity index (χ2v) is 10.2. The van der Waals surface area contributed by atoms with E-state index in [9.17, 15) is 0 Å². The Labute approximate surface area is 247 Å². The summed E-state index contributed by atoms with van der Waals surface area (Å²) in [7, 11) is 1.72. The summed E-state index contributed by atoms with van der Waals surface area (Å²) in [6.07, 6.45) is 4.42. The van der Waals surface area contributed by atoms with Gasteiger partial charge in [-0.15, -0.1) is 0 Å². The molecule has 5 aromatic carbocycles. The fraction of sp³-hybridized carbons (Fsp3) is 0.105. The fourth-order valence-electron chi connectivity index (χ4n) is 5.03. The fourth-order valence-corrected chi connectivity index (χ4v) is 5.03. The molecular formula is C38H33NO3. The lowest BCUT2D eigenvalue weighted by Gasteiger charge is -2.10. The Morgan fingerprint density at radius 2 is 0.952 bits per heavy atom. The lowest BCUT2D eigenvalue weighted by molar-refractivity contribution is 0.306. The van der Waals surface area contributed by atoms with Gasteiger partial charge in [-0.2, -0.15) is 0 Å². The Kier molecular flexibility index (Phi) is 8.33. The molecule has 0 atom stereocenters. The molecule has 0 fully saturated rings. The van der Waals surface area contributed by atoms with Crippen molar-refractivity contribution >= 4 is 0 Å². The molecule has 0 amide bonds. The third-order valence-corrected chi connectivity index (χ3v) is 7.25. The van der Waals surface area contributed by atoms with E-state index in [0.717, 1.165) is 56.2 Å². The molecule has 4 heteroatoms. The van der Waals surface area contributed by atoms with Crippen molar-refractivity contribution < 1.29 is 14.2 Å². The monoisotopic (exact) mass is 551 g/mol. The minimum absolute atomic E-state index is 0.541. The average Bonchev–Trinajstić information content (AvgIpc) is 3.48. The van der Waals surface area contributed by atoms with E-state index in [1.54, 1.807) is 7.11 Å². The highest BCUT2D eigenvalue weighted by Crippen LogP contribution is 2.36. The van der Waals surface area contributed by atoms with Crippen LogP contribution in [0.3, 0.4) is 0 Å². The van der Waals surface area contributed by atoms with Gasteiger partial charge in [0.1, 0.15) is 30.5 Å². The molecule has 0 saturated heterocycles. The van der Waals surface area contributed by atoms with E-state index in [4.69, 9.17) is 14.2 Å². The number of methoxy groups -OCH3 is 1. The van der Waals surface area contributed by atoms with Crippen molar-refractivity contribution in [2.24, 2.45) is 0 Å². The molecule has 0 bridgehead atoms. The van der Waals surface area contributed by atoms with Crippen molar-refractivity contribution in [2.45, 2.75) is 19.8 Å². The van der Waals surface area contributed by atoms with Crippen molar-refractivity contribution in [2.75, 3.05) is 7.11 Å². The van der Waals surface area contributed by atoms with E-state index in [2.05, 4.69) is 71.6 Å². The molecule has 1 aromatic heterocycles. The van der Waals surface area contributed by atoms with Crippen LogP contribution in [-0.2, 0) is 19.8 Å². The van der Waals surface area contributed by atoms with Gasteiger partial charge in [-0.25, -0.2) is 0 Å². The molecule has 0 aliphatic rings. The molecule has 0 aliphatic heterocycles. The number of benzene rings is 5. The van der Waals surface area contributed by atoms with Gasteiger partial charge in [-0.05, 0) is 52.6 Å². The number of hydrogen-bond acceptors (Lipinski definition) is 3. The van der Waals surface area contributed by atoms with Crippen molar-refractivity contribution in [3.63, 3.8) is 0 Å². The summed E-state index contributed by atoms with van der Waals surface area (Å²) < 4.78 is 19.9. The number of aromatic nitrogens is 1. The van der Waals surface area contributed by atoms with Crippen molar-refractivity contribution in [3.05, 3.63) is 163 Å². The molecule has 1 heterocycles. The van der Waals surface area contributed by atoms with Crippen LogP contribution in [0.1, 0.15) is 16.7 Å². The zero-order valence-corrected chi connectivity index (χ0v) is 23.6. The van der Waals surface area contributed by atoms with Crippen LogP contribution in [0.2, 0.25) is 0 Å². The van der Waals surface area contributed by atoms with Crippen LogP contribution in [0.4, 0.5) is 0 Å². The molecule has 0 saturated carbocycles. The third-order valence-electron chi connectivity index (χ3n) is 7.25. The van der Waals surface area contributed by atoms with E-state index in [1.807, 2.05) is 78.9 Å². The number of ether oxygens (including phenoxy) is 3. The van der Waals surface area contributed by atoms with Crippen molar-refractivity contribution in [1.29, 1.82) is 0 Å². The second kappa shape index (κ2) is 13.0. The second-order valence-electron chi connectivity index (χ2n) is 10.2. The first-order valence-corrected chi connectivity index (χ1v) is 14.1. The molecule has 42 heavy (non-hydrogen) atoms. The maximum Gasteiger partial charge on any atom is 0.123 e. The Morgan fingerprint density at radius 1 is 0.500 bits per heavy atom. The van der Waals surface area contributed by atoms with Gasteiger partial charge in [0.25, 0.3) is 0 Å². The molecule has 0 radical (unpaired) electrons. The molecule has 208 valence electrons. The van der Waals surface area contributed by atoms with Crippen LogP contribution < -0.4 is 14.2 Å². The lowest BCUT2D eigenvalue weighted by atomic mass is 9.99. The topological polar surface area (TPSA) is 32.6 Å². The Balaban J connectivity index is 1.26. The first-order valence-electron chi connectivity index (χ1n) is 14.1. The normalized spacial score (nSPS) is 10.8. The van der Waals surface area contributed by atoms with Crippen LogP contribution in [0, 0.1) is 0 Å². The zero-order chi connectivity index (χ0) is 28.6. The van der Waals surface area contributed by atoms with Gasteiger partial charge in [-0.1, -0.05) is 103 Å². The standard InChI is InChI=1S/C38H33NO3/c1-40-38-15-9-8-14-33(38)24-39-25-36(31-16-20-34(21-17-31)41-27-29-10-4-2-5-11-29)37(26-39)32-18-22-35(23-19-32)42-28-30-12-6-3-7-13-30/h2-23,25-26H,24,27-28H2,1H3. The molecule has 6 rings (SSSR count). The number of nitrogens with zero attached hydrogens (tertiary/aromatic N) is 1. The Hall–Kier alpha value is -5.22. The first-order chi connectivity index (χ1) is 20.7. The number of hydrogen-bond donors (Lipinski definition) is 0. The van der Waals surface area contributed by atoms with E-state index >= 15 is 0 Å². The summed E-state index contributed by atoms with van der Waals surface area (Å²) in [5, 5.41) is 0. The van der Waals surface area contributed by atoms with Gasteiger partial charge in [0.15, 0.2) is 0 Å². The summed E-state index contributed by atoms with van der Waals surface area (Å²) in [5.74, 6) is 2.57. The maximum atomic E-state index is 6.04. The molecule has 6 aromatic rings. The predicted molar refractivity (Wildman–Crippen MR) is 169 cm³/mol. The van der Waals surface area contributed by atoms with E-state index in [1.165, 1.54) is 0 Å². The van der Waals surface area contributed by atoms with Gasteiger partial charge < -0.3 is 18.8 Å². The van der Waals surface area contributed by atoms with Gasteiger partial charge in [0.05, 0.1) is 13.7 Å². The smallest absolute Gasteiger partial charge is 0.123 e. The average molecular weight is 552 g/mol. The highest BCUT2D eigenvalue weighted by Gasteiger charge is 2.14. The summed E-state index contributed by atoms with van der Waals surface area (Å²) in [4.78, 5) is 0. The highest BCUT2D eigenvalue weighted by molar-refractivity contribution is 5.83. The van der Waals surface area contributed by atoms with E-state index in [-0.39, 0.29) is 0 Å². The molecule has 0 aliphatic carbocycles. The van der Waals surface area contributed by atoms with Crippen LogP contribution >= 0.6 is 0 Å².